The monoisotopic (exact) mass is 596 g/mol. The molecular weight excluding hydrogens is 565 g/mol. The molecule has 0 unspecified atom stereocenters. The lowest BCUT2D eigenvalue weighted by atomic mass is 9.80. The van der Waals surface area contributed by atoms with E-state index >= 15 is 0 Å². The molecule has 0 fully saturated rings. The number of hydrogen-bond donors (Lipinski definition) is 0. The topological polar surface area (TPSA) is 0 Å². The lowest BCUT2D eigenvalue weighted by Crippen LogP contribution is -2.15. The second kappa shape index (κ2) is 9.64. The molecule has 0 saturated carbocycles. The van der Waals surface area contributed by atoms with Gasteiger partial charge in [0.1, 0.15) is 0 Å². The van der Waals surface area contributed by atoms with Gasteiger partial charge in [0.05, 0.1) is 0 Å². The first-order chi connectivity index (χ1) is 23.0. The van der Waals surface area contributed by atoms with E-state index in [0.717, 1.165) is 0 Å². The Morgan fingerprint density at radius 1 is 0.319 bits per heavy atom. The van der Waals surface area contributed by atoms with Crippen molar-refractivity contribution >= 4 is 43.1 Å². The summed E-state index contributed by atoms with van der Waals surface area (Å²) in [7, 11) is 0. The molecule has 47 heavy (non-hydrogen) atoms. The second-order valence-electron chi connectivity index (χ2n) is 13.8. The first-order valence-corrected chi connectivity index (χ1v) is 16.6. The molecule has 0 saturated heterocycles. The van der Waals surface area contributed by atoms with Gasteiger partial charge in [-0.05, 0) is 117 Å². The molecule has 0 aliphatic heterocycles. The minimum atomic E-state index is -0.0881. The smallest absolute Gasteiger partial charge is 0.0159 e. The van der Waals surface area contributed by atoms with Crippen LogP contribution in [0.1, 0.15) is 25.0 Å². The van der Waals surface area contributed by atoms with Crippen molar-refractivity contribution in [2.24, 2.45) is 0 Å². The van der Waals surface area contributed by atoms with Crippen LogP contribution < -0.4 is 0 Å². The summed E-state index contributed by atoms with van der Waals surface area (Å²) in [4.78, 5) is 0. The van der Waals surface area contributed by atoms with Gasteiger partial charge in [-0.2, -0.15) is 0 Å². The van der Waals surface area contributed by atoms with E-state index in [1.165, 1.54) is 98.7 Å². The van der Waals surface area contributed by atoms with Gasteiger partial charge < -0.3 is 0 Å². The van der Waals surface area contributed by atoms with Gasteiger partial charge in [0.15, 0.2) is 0 Å². The standard InChI is InChI=1S/C47H32/c1-47(2)43-27-37(20-23-40(43)41-24-21-38(28-44(41)47)36-17-12-29-6-3-4-7-35(29)26-36)30-10-13-31(14-11-30)39-22-18-34-16-15-32-8-5-9-33-19-25-42(39)46(34)45(32)33/h3-28H,1-2H3. The largest absolute Gasteiger partial charge is 0.0616 e. The SMILES string of the molecule is CC1(C)c2cc(-c3ccc(-c4ccc5ccc6cccc7ccc4c5c67)cc3)ccc2-c2ccc(-c3ccc4ccccc4c3)cc21. The van der Waals surface area contributed by atoms with Crippen LogP contribution >= 0.6 is 0 Å². The maximum Gasteiger partial charge on any atom is 0.0159 e. The van der Waals surface area contributed by atoms with Crippen molar-refractivity contribution in [2.75, 3.05) is 0 Å². The van der Waals surface area contributed by atoms with E-state index in [1.54, 1.807) is 0 Å². The van der Waals surface area contributed by atoms with Crippen LogP contribution in [0.4, 0.5) is 0 Å². The van der Waals surface area contributed by atoms with Crippen molar-refractivity contribution in [3.05, 3.63) is 169 Å². The van der Waals surface area contributed by atoms with Crippen LogP contribution in [0.15, 0.2) is 158 Å². The third-order valence-electron chi connectivity index (χ3n) is 10.8. The van der Waals surface area contributed by atoms with Crippen LogP contribution in [0.25, 0.3) is 87.6 Å². The Morgan fingerprint density at radius 3 is 1.51 bits per heavy atom. The molecule has 0 nitrogen and oxygen atoms in total. The fourth-order valence-corrected chi connectivity index (χ4v) is 8.29. The van der Waals surface area contributed by atoms with E-state index < -0.39 is 0 Å². The minimum absolute atomic E-state index is 0.0881. The first kappa shape index (κ1) is 26.5. The molecule has 1 aliphatic rings. The third kappa shape index (κ3) is 3.88. The van der Waals surface area contributed by atoms with Gasteiger partial charge >= 0.3 is 0 Å². The molecule has 9 aromatic rings. The Hall–Kier alpha value is -5.72. The number of hydrogen-bond acceptors (Lipinski definition) is 0. The van der Waals surface area contributed by atoms with Crippen molar-refractivity contribution in [1.29, 1.82) is 0 Å². The lowest BCUT2D eigenvalue weighted by Gasteiger charge is -2.22. The summed E-state index contributed by atoms with van der Waals surface area (Å²) in [5.74, 6) is 0. The zero-order valence-electron chi connectivity index (χ0n) is 26.5. The molecular formula is C47H32. The maximum absolute atomic E-state index is 2.43. The maximum atomic E-state index is 2.43. The van der Waals surface area contributed by atoms with E-state index in [4.69, 9.17) is 0 Å². The van der Waals surface area contributed by atoms with E-state index in [-0.39, 0.29) is 5.41 Å². The van der Waals surface area contributed by atoms with Gasteiger partial charge in [-0.1, -0.05) is 153 Å². The van der Waals surface area contributed by atoms with E-state index in [1.807, 2.05) is 0 Å². The summed E-state index contributed by atoms with van der Waals surface area (Å²) in [5, 5.41) is 10.5. The Balaban J connectivity index is 1.01. The Bertz CT molecular complexity index is 2670. The van der Waals surface area contributed by atoms with Gasteiger partial charge in [0, 0.05) is 5.41 Å². The average molecular weight is 597 g/mol. The van der Waals surface area contributed by atoms with Crippen molar-refractivity contribution in [2.45, 2.75) is 19.3 Å². The lowest BCUT2D eigenvalue weighted by molar-refractivity contribution is 0.661. The fraction of sp³-hybridized carbons (Fsp3) is 0.0638. The highest BCUT2D eigenvalue weighted by Gasteiger charge is 2.35. The predicted molar refractivity (Wildman–Crippen MR) is 202 cm³/mol. The van der Waals surface area contributed by atoms with Gasteiger partial charge in [-0.3, -0.25) is 0 Å². The molecule has 0 bridgehead atoms. The van der Waals surface area contributed by atoms with Crippen LogP contribution in [0.2, 0.25) is 0 Å². The molecule has 0 N–H and O–H groups in total. The van der Waals surface area contributed by atoms with Crippen LogP contribution in [0, 0.1) is 0 Å². The van der Waals surface area contributed by atoms with E-state index in [0.29, 0.717) is 0 Å². The Labute approximate surface area is 274 Å². The molecule has 0 heteroatoms. The van der Waals surface area contributed by atoms with E-state index in [9.17, 15) is 0 Å². The summed E-state index contributed by atoms with van der Waals surface area (Å²) in [5.41, 5.74) is 13.0. The van der Waals surface area contributed by atoms with Crippen LogP contribution in [0.3, 0.4) is 0 Å². The van der Waals surface area contributed by atoms with Crippen molar-refractivity contribution < 1.29 is 0 Å². The van der Waals surface area contributed by atoms with Crippen LogP contribution in [-0.2, 0) is 5.41 Å². The molecule has 0 aromatic heterocycles. The summed E-state index contributed by atoms with van der Waals surface area (Å²) < 4.78 is 0. The molecule has 220 valence electrons. The highest BCUT2D eigenvalue weighted by Crippen LogP contribution is 2.51. The second-order valence-corrected chi connectivity index (χ2v) is 13.8. The normalized spacial score (nSPS) is 13.5. The highest BCUT2D eigenvalue weighted by molar-refractivity contribution is 6.25. The van der Waals surface area contributed by atoms with Crippen LogP contribution in [0.5, 0.6) is 0 Å². The van der Waals surface area contributed by atoms with Crippen molar-refractivity contribution in [1.82, 2.24) is 0 Å². The van der Waals surface area contributed by atoms with Crippen molar-refractivity contribution in [3.8, 4) is 44.5 Å². The van der Waals surface area contributed by atoms with Gasteiger partial charge in [-0.25, -0.2) is 0 Å². The molecule has 0 spiro atoms. The molecule has 0 heterocycles. The molecule has 0 atom stereocenters. The highest BCUT2D eigenvalue weighted by atomic mass is 14.4. The summed E-state index contributed by atoms with van der Waals surface area (Å²) in [6.45, 7) is 4.76. The van der Waals surface area contributed by atoms with Gasteiger partial charge in [0.25, 0.3) is 0 Å². The van der Waals surface area contributed by atoms with Crippen LogP contribution in [-0.4, -0.2) is 0 Å². The zero-order chi connectivity index (χ0) is 31.3. The van der Waals surface area contributed by atoms with Gasteiger partial charge in [-0.15, -0.1) is 0 Å². The predicted octanol–water partition coefficient (Wildman–Crippen LogP) is 13.0. The average Bonchev–Trinajstić information content (AvgIpc) is 3.35. The third-order valence-corrected chi connectivity index (χ3v) is 10.8. The number of rotatable bonds is 3. The summed E-state index contributed by atoms with van der Waals surface area (Å²) >= 11 is 0. The fourth-order valence-electron chi connectivity index (χ4n) is 8.29. The number of benzene rings is 9. The van der Waals surface area contributed by atoms with E-state index in [2.05, 4.69) is 172 Å². The first-order valence-electron chi connectivity index (χ1n) is 16.6. The molecule has 0 radical (unpaired) electrons. The Kier molecular flexibility index (Phi) is 5.44. The summed E-state index contributed by atoms with van der Waals surface area (Å²) in [6, 6.07) is 59.0. The Morgan fingerprint density at radius 2 is 0.787 bits per heavy atom. The molecule has 1 aliphatic carbocycles. The molecule has 9 aromatic carbocycles. The van der Waals surface area contributed by atoms with Gasteiger partial charge in [0.2, 0.25) is 0 Å². The summed E-state index contributed by atoms with van der Waals surface area (Å²) in [6.07, 6.45) is 0. The molecule has 10 rings (SSSR count). The quantitative estimate of drug-likeness (QED) is 0.178. The zero-order valence-corrected chi connectivity index (χ0v) is 26.5. The number of fused-ring (bicyclic) bond motifs is 4. The van der Waals surface area contributed by atoms with Crippen molar-refractivity contribution in [3.63, 3.8) is 0 Å². The minimum Gasteiger partial charge on any atom is -0.0616 e. The molecule has 0 amide bonds.